The maximum Gasteiger partial charge on any atom is 0.230 e. The minimum Gasteiger partial charge on any atom is -0.335 e. The van der Waals surface area contributed by atoms with Gasteiger partial charge >= 0.3 is 0 Å². The van der Waals surface area contributed by atoms with Crippen molar-refractivity contribution < 1.29 is 4.79 Å². The van der Waals surface area contributed by atoms with Gasteiger partial charge in [0.1, 0.15) is 0 Å². The Bertz CT molecular complexity index is 451. The molecule has 1 aliphatic rings. The van der Waals surface area contributed by atoms with E-state index in [0.29, 0.717) is 6.54 Å². The van der Waals surface area contributed by atoms with Gasteiger partial charge in [0.25, 0.3) is 0 Å². The molecule has 0 fully saturated rings. The normalized spacial score (nSPS) is 21.9. The third-order valence-electron chi connectivity index (χ3n) is 4.49. The zero-order valence-electron chi connectivity index (χ0n) is 12.1. The molecule has 0 spiro atoms. The van der Waals surface area contributed by atoms with E-state index in [1.54, 1.807) is 0 Å². The molecule has 0 saturated heterocycles. The maximum absolute atomic E-state index is 12.8. The number of nitrogens with zero attached hydrogens (tertiary/aromatic N) is 1. The molecule has 0 aliphatic carbocycles. The second-order valence-electron chi connectivity index (χ2n) is 5.59. The molecule has 19 heavy (non-hydrogen) atoms. The predicted octanol–water partition coefficient (Wildman–Crippen LogP) is 2.96. The molecular weight excluding hydrogens is 256 g/mol. The molecule has 1 aromatic rings. The van der Waals surface area contributed by atoms with Crippen molar-refractivity contribution in [2.45, 2.75) is 46.1 Å². The Hall–Kier alpha value is -0.870. The van der Waals surface area contributed by atoms with E-state index < -0.39 is 5.41 Å². The van der Waals surface area contributed by atoms with E-state index >= 15 is 0 Å². The zero-order chi connectivity index (χ0) is 14.0. The predicted molar refractivity (Wildman–Crippen MR) is 80.2 cm³/mol. The smallest absolute Gasteiger partial charge is 0.230 e. The van der Waals surface area contributed by atoms with Crippen molar-refractivity contribution in [1.82, 2.24) is 4.90 Å². The molecule has 4 heteroatoms. The van der Waals surface area contributed by atoms with Crippen molar-refractivity contribution >= 4 is 17.2 Å². The molecule has 3 nitrogen and oxygen atoms in total. The van der Waals surface area contributed by atoms with Crippen LogP contribution in [0.15, 0.2) is 11.4 Å². The van der Waals surface area contributed by atoms with E-state index in [-0.39, 0.29) is 11.9 Å². The van der Waals surface area contributed by atoms with Gasteiger partial charge in [0, 0.05) is 18.0 Å². The fourth-order valence-corrected chi connectivity index (χ4v) is 3.74. The molecule has 2 unspecified atom stereocenters. The van der Waals surface area contributed by atoms with Gasteiger partial charge in [-0.15, -0.1) is 11.3 Å². The summed E-state index contributed by atoms with van der Waals surface area (Å²) in [6, 6.07) is 2.42. The van der Waals surface area contributed by atoms with Crippen LogP contribution in [0.5, 0.6) is 0 Å². The Morgan fingerprint density at radius 2 is 2.32 bits per heavy atom. The Morgan fingerprint density at radius 3 is 2.89 bits per heavy atom. The molecule has 1 aliphatic heterocycles. The van der Waals surface area contributed by atoms with Crippen LogP contribution in [-0.2, 0) is 11.2 Å². The van der Waals surface area contributed by atoms with Crippen molar-refractivity contribution in [3.05, 3.63) is 21.9 Å². The van der Waals surface area contributed by atoms with Gasteiger partial charge in [-0.1, -0.05) is 13.8 Å². The van der Waals surface area contributed by atoms with E-state index in [2.05, 4.69) is 23.3 Å². The molecule has 106 valence electrons. The lowest BCUT2D eigenvalue weighted by molar-refractivity contribution is -0.144. The number of carbonyl (C=O) groups is 1. The van der Waals surface area contributed by atoms with Crippen LogP contribution in [0.2, 0.25) is 0 Å². The molecule has 0 aromatic carbocycles. The quantitative estimate of drug-likeness (QED) is 0.921. The Labute approximate surface area is 119 Å². The summed E-state index contributed by atoms with van der Waals surface area (Å²) >= 11 is 1.81. The third kappa shape index (κ3) is 2.43. The van der Waals surface area contributed by atoms with Crippen molar-refractivity contribution in [3.63, 3.8) is 0 Å². The second-order valence-corrected chi connectivity index (χ2v) is 6.59. The highest BCUT2D eigenvalue weighted by atomic mass is 32.1. The first kappa shape index (κ1) is 14.5. The van der Waals surface area contributed by atoms with Crippen LogP contribution in [0.3, 0.4) is 0 Å². The number of nitrogens with two attached hydrogens (primary N) is 1. The summed E-state index contributed by atoms with van der Waals surface area (Å²) < 4.78 is 0. The number of hydrogen-bond acceptors (Lipinski definition) is 3. The summed E-state index contributed by atoms with van der Waals surface area (Å²) in [7, 11) is 0. The molecular formula is C15H24N2OS. The van der Waals surface area contributed by atoms with Gasteiger partial charge in [0.15, 0.2) is 0 Å². The molecule has 1 amide bonds. The van der Waals surface area contributed by atoms with Crippen LogP contribution < -0.4 is 5.73 Å². The van der Waals surface area contributed by atoms with Crippen molar-refractivity contribution in [2.24, 2.45) is 11.1 Å². The fraction of sp³-hybridized carbons (Fsp3) is 0.667. The molecule has 2 N–H and O–H groups in total. The molecule has 0 bridgehead atoms. The summed E-state index contributed by atoms with van der Waals surface area (Å²) in [4.78, 5) is 16.3. The fourth-order valence-electron chi connectivity index (χ4n) is 2.81. The van der Waals surface area contributed by atoms with Gasteiger partial charge in [-0.2, -0.15) is 0 Å². The molecule has 2 heterocycles. The average molecular weight is 280 g/mol. The van der Waals surface area contributed by atoms with Gasteiger partial charge in [-0.05, 0) is 43.2 Å². The van der Waals surface area contributed by atoms with Crippen LogP contribution >= 0.6 is 11.3 Å². The van der Waals surface area contributed by atoms with Crippen LogP contribution in [0, 0.1) is 5.41 Å². The van der Waals surface area contributed by atoms with Crippen molar-refractivity contribution in [2.75, 3.05) is 13.1 Å². The second kappa shape index (κ2) is 5.63. The molecule has 1 aromatic heterocycles. The highest BCUT2D eigenvalue weighted by Crippen LogP contribution is 2.38. The minimum atomic E-state index is -0.416. The Kier molecular flexibility index (Phi) is 4.31. The van der Waals surface area contributed by atoms with Gasteiger partial charge < -0.3 is 10.6 Å². The Morgan fingerprint density at radius 1 is 1.58 bits per heavy atom. The first-order valence-electron chi connectivity index (χ1n) is 7.14. The number of carbonyl (C=O) groups excluding carboxylic acids is 1. The summed E-state index contributed by atoms with van der Waals surface area (Å²) in [6.07, 6.45) is 2.76. The lowest BCUT2D eigenvalue weighted by atomic mass is 9.84. The average Bonchev–Trinajstić information content (AvgIpc) is 2.92. The monoisotopic (exact) mass is 280 g/mol. The van der Waals surface area contributed by atoms with Crippen LogP contribution in [-0.4, -0.2) is 23.9 Å². The van der Waals surface area contributed by atoms with E-state index in [0.717, 1.165) is 25.8 Å². The van der Waals surface area contributed by atoms with E-state index in [1.807, 2.05) is 25.2 Å². The number of amides is 1. The molecule has 0 radical (unpaired) electrons. The lowest BCUT2D eigenvalue weighted by Gasteiger charge is -2.40. The van der Waals surface area contributed by atoms with Gasteiger partial charge in [-0.3, -0.25) is 4.79 Å². The number of hydrogen-bond donors (Lipinski definition) is 1. The Balaban J connectivity index is 2.29. The van der Waals surface area contributed by atoms with Gasteiger partial charge in [0.05, 0.1) is 11.5 Å². The summed E-state index contributed by atoms with van der Waals surface area (Å²) in [6.45, 7) is 7.45. The van der Waals surface area contributed by atoms with Gasteiger partial charge in [0.2, 0.25) is 5.91 Å². The summed E-state index contributed by atoms with van der Waals surface area (Å²) in [5.41, 5.74) is 6.78. The van der Waals surface area contributed by atoms with Crippen LogP contribution in [0.25, 0.3) is 0 Å². The van der Waals surface area contributed by atoms with Crippen molar-refractivity contribution in [3.8, 4) is 0 Å². The summed E-state index contributed by atoms with van der Waals surface area (Å²) in [5.74, 6) is 0.223. The number of rotatable bonds is 4. The maximum atomic E-state index is 12.8. The summed E-state index contributed by atoms with van der Waals surface area (Å²) in [5, 5.41) is 2.14. The highest BCUT2D eigenvalue weighted by Gasteiger charge is 2.39. The minimum absolute atomic E-state index is 0.223. The largest absolute Gasteiger partial charge is 0.335 e. The van der Waals surface area contributed by atoms with Crippen molar-refractivity contribution in [1.29, 1.82) is 0 Å². The molecule has 2 rings (SSSR count). The highest BCUT2D eigenvalue weighted by molar-refractivity contribution is 7.10. The van der Waals surface area contributed by atoms with E-state index in [1.165, 1.54) is 10.4 Å². The first-order chi connectivity index (χ1) is 9.07. The SMILES string of the molecule is CCC1c2ccsc2CCN1C(=O)C(C)(CC)CN. The van der Waals surface area contributed by atoms with Crippen LogP contribution in [0.4, 0.5) is 0 Å². The standard InChI is InChI=1S/C15H24N2OS/c1-4-12-11-7-9-19-13(11)6-8-17(12)14(18)15(3,5-2)10-16/h7,9,12H,4-6,8,10,16H2,1-3H3. The number of fused-ring (bicyclic) bond motifs is 1. The zero-order valence-corrected chi connectivity index (χ0v) is 12.9. The van der Waals surface area contributed by atoms with Crippen LogP contribution in [0.1, 0.15) is 50.1 Å². The van der Waals surface area contributed by atoms with E-state index in [9.17, 15) is 4.79 Å². The topological polar surface area (TPSA) is 46.3 Å². The number of thiophene rings is 1. The lowest BCUT2D eigenvalue weighted by Crippen LogP contribution is -2.49. The van der Waals surface area contributed by atoms with E-state index in [4.69, 9.17) is 5.73 Å². The van der Waals surface area contributed by atoms with Gasteiger partial charge in [-0.25, -0.2) is 0 Å². The molecule has 0 saturated carbocycles. The first-order valence-corrected chi connectivity index (χ1v) is 8.02. The third-order valence-corrected chi connectivity index (χ3v) is 5.49. The molecule has 2 atom stereocenters.